The van der Waals surface area contributed by atoms with Crippen LogP contribution in [0.2, 0.25) is 0 Å². The SMILES string of the molecule is CCCCCCCCCC(=O)NCC(=O)N/N=C/c1ccc(C)cc1. The van der Waals surface area contributed by atoms with Crippen molar-refractivity contribution >= 4 is 18.0 Å². The number of hydrogen-bond acceptors (Lipinski definition) is 3. The van der Waals surface area contributed by atoms with Gasteiger partial charge in [0.1, 0.15) is 0 Å². The van der Waals surface area contributed by atoms with Crippen molar-refractivity contribution in [3.8, 4) is 0 Å². The van der Waals surface area contributed by atoms with Crippen LogP contribution in [0.25, 0.3) is 0 Å². The van der Waals surface area contributed by atoms with E-state index in [2.05, 4.69) is 22.8 Å². The highest BCUT2D eigenvalue weighted by Crippen LogP contribution is 2.08. The van der Waals surface area contributed by atoms with E-state index in [-0.39, 0.29) is 18.4 Å². The molecule has 0 aliphatic rings. The molecule has 1 aromatic carbocycles. The van der Waals surface area contributed by atoms with Crippen molar-refractivity contribution in [2.24, 2.45) is 5.10 Å². The molecule has 1 aromatic rings. The first kappa shape index (κ1) is 20.9. The highest BCUT2D eigenvalue weighted by atomic mass is 16.2. The molecule has 138 valence electrons. The van der Waals surface area contributed by atoms with Gasteiger partial charge in [0.15, 0.2) is 0 Å². The van der Waals surface area contributed by atoms with Gasteiger partial charge in [-0.25, -0.2) is 5.43 Å². The Morgan fingerprint density at radius 2 is 1.60 bits per heavy atom. The van der Waals surface area contributed by atoms with Gasteiger partial charge in [-0.2, -0.15) is 5.10 Å². The second kappa shape index (κ2) is 13.2. The lowest BCUT2D eigenvalue weighted by atomic mass is 10.1. The van der Waals surface area contributed by atoms with Crippen LogP contribution in [-0.4, -0.2) is 24.6 Å². The Bertz CT molecular complexity index is 538. The summed E-state index contributed by atoms with van der Waals surface area (Å²) in [6, 6.07) is 7.81. The molecule has 0 spiro atoms. The summed E-state index contributed by atoms with van der Waals surface area (Å²) in [5, 5.41) is 6.51. The number of nitrogens with zero attached hydrogens (tertiary/aromatic N) is 1. The van der Waals surface area contributed by atoms with Gasteiger partial charge in [0.2, 0.25) is 5.91 Å². The first-order valence-electron chi connectivity index (χ1n) is 9.27. The van der Waals surface area contributed by atoms with Crippen LogP contribution in [0.4, 0.5) is 0 Å². The number of carbonyl (C=O) groups excluding carboxylic acids is 2. The fraction of sp³-hybridized carbons (Fsp3) is 0.550. The molecule has 0 saturated heterocycles. The minimum absolute atomic E-state index is 0.0411. The van der Waals surface area contributed by atoms with E-state index in [9.17, 15) is 9.59 Å². The second-order valence-corrected chi connectivity index (χ2v) is 6.35. The zero-order chi connectivity index (χ0) is 18.3. The summed E-state index contributed by atoms with van der Waals surface area (Å²) in [7, 11) is 0. The standard InChI is InChI=1S/C20H31N3O2/c1-3-4-5-6-7-8-9-10-19(24)21-16-20(25)23-22-15-18-13-11-17(2)12-14-18/h11-15H,3-10,16H2,1-2H3,(H,21,24)(H,23,25)/b22-15+. The Hall–Kier alpha value is -2.17. The maximum Gasteiger partial charge on any atom is 0.259 e. The fourth-order valence-electron chi connectivity index (χ4n) is 2.38. The van der Waals surface area contributed by atoms with E-state index in [1.165, 1.54) is 37.7 Å². The van der Waals surface area contributed by atoms with E-state index in [1.54, 1.807) is 6.21 Å². The maximum absolute atomic E-state index is 11.7. The average molecular weight is 345 g/mol. The van der Waals surface area contributed by atoms with Gasteiger partial charge in [-0.05, 0) is 18.9 Å². The summed E-state index contributed by atoms with van der Waals surface area (Å²) in [4.78, 5) is 23.3. The highest BCUT2D eigenvalue weighted by Gasteiger charge is 2.04. The van der Waals surface area contributed by atoms with Crippen LogP contribution >= 0.6 is 0 Å². The highest BCUT2D eigenvalue weighted by molar-refractivity contribution is 5.86. The minimum Gasteiger partial charge on any atom is -0.347 e. The number of benzene rings is 1. The second-order valence-electron chi connectivity index (χ2n) is 6.35. The third-order valence-corrected chi connectivity index (χ3v) is 3.93. The van der Waals surface area contributed by atoms with E-state index in [0.29, 0.717) is 6.42 Å². The molecule has 2 amide bonds. The van der Waals surface area contributed by atoms with Gasteiger partial charge in [-0.15, -0.1) is 0 Å². The monoisotopic (exact) mass is 345 g/mol. The van der Waals surface area contributed by atoms with Crippen LogP contribution in [0, 0.1) is 6.92 Å². The number of rotatable bonds is 12. The van der Waals surface area contributed by atoms with E-state index in [4.69, 9.17) is 0 Å². The first-order chi connectivity index (χ1) is 12.1. The molecule has 0 fully saturated rings. The van der Waals surface area contributed by atoms with Crippen LogP contribution in [0.15, 0.2) is 29.4 Å². The van der Waals surface area contributed by atoms with E-state index >= 15 is 0 Å². The molecule has 5 heteroatoms. The molecule has 0 aliphatic carbocycles. The molecule has 0 heterocycles. The molecule has 0 unspecified atom stereocenters. The van der Waals surface area contributed by atoms with Gasteiger partial charge < -0.3 is 5.32 Å². The van der Waals surface area contributed by atoms with Gasteiger partial charge in [-0.1, -0.05) is 75.3 Å². The van der Waals surface area contributed by atoms with Crippen LogP contribution in [0.3, 0.4) is 0 Å². The predicted molar refractivity (Wildman–Crippen MR) is 103 cm³/mol. The number of unbranched alkanes of at least 4 members (excludes halogenated alkanes) is 6. The molecule has 25 heavy (non-hydrogen) atoms. The van der Waals surface area contributed by atoms with Gasteiger partial charge in [0, 0.05) is 6.42 Å². The fourth-order valence-corrected chi connectivity index (χ4v) is 2.38. The van der Waals surface area contributed by atoms with Gasteiger partial charge in [-0.3, -0.25) is 9.59 Å². The summed E-state index contributed by atoms with van der Waals surface area (Å²) in [6.45, 7) is 4.17. The van der Waals surface area contributed by atoms with Crippen molar-refractivity contribution in [3.05, 3.63) is 35.4 Å². The molecular formula is C20H31N3O2. The molecular weight excluding hydrogens is 314 g/mol. The van der Waals surface area contributed by atoms with E-state index in [1.807, 2.05) is 31.2 Å². The third-order valence-electron chi connectivity index (χ3n) is 3.93. The van der Waals surface area contributed by atoms with Crippen molar-refractivity contribution in [2.45, 2.75) is 65.2 Å². The van der Waals surface area contributed by atoms with Crippen LogP contribution in [0.5, 0.6) is 0 Å². The molecule has 5 nitrogen and oxygen atoms in total. The summed E-state index contributed by atoms with van der Waals surface area (Å²) in [5.41, 5.74) is 4.50. The molecule has 0 atom stereocenters. The quantitative estimate of drug-likeness (QED) is 0.344. The van der Waals surface area contributed by atoms with Crippen LogP contribution in [0.1, 0.15) is 69.4 Å². The minimum atomic E-state index is -0.323. The van der Waals surface area contributed by atoms with Gasteiger partial charge in [0.05, 0.1) is 12.8 Å². The predicted octanol–water partition coefficient (Wildman–Crippen LogP) is 3.70. The number of amides is 2. The molecule has 0 aliphatic heterocycles. The molecule has 0 radical (unpaired) electrons. The van der Waals surface area contributed by atoms with Gasteiger partial charge >= 0.3 is 0 Å². The molecule has 2 N–H and O–H groups in total. The Morgan fingerprint density at radius 1 is 0.960 bits per heavy atom. The summed E-state index contributed by atoms with van der Waals surface area (Å²) in [5.74, 6) is -0.400. The van der Waals surface area contributed by atoms with Crippen molar-refractivity contribution in [1.82, 2.24) is 10.7 Å². The van der Waals surface area contributed by atoms with Crippen molar-refractivity contribution in [3.63, 3.8) is 0 Å². The molecule has 0 aromatic heterocycles. The summed E-state index contributed by atoms with van der Waals surface area (Å²) in [6.07, 6.45) is 10.3. The van der Waals surface area contributed by atoms with Crippen LogP contribution < -0.4 is 10.7 Å². The maximum atomic E-state index is 11.7. The molecule has 0 saturated carbocycles. The molecule has 0 bridgehead atoms. The Morgan fingerprint density at radius 3 is 2.28 bits per heavy atom. The first-order valence-corrected chi connectivity index (χ1v) is 9.27. The number of hydrazone groups is 1. The smallest absolute Gasteiger partial charge is 0.259 e. The average Bonchev–Trinajstić information content (AvgIpc) is 2.61. The molecule has 1 rings (SSSR count). The lowest BCUT2D eigenvalue weighted by Crippen LogP contribution is -2.34. The largest absolute Gasteiger partial charge is 0.347 e. The number of nitrogens with one attached hydrogen (secondary N) is 2. The zero-order valence-corrected chi connectivity index (χ0v) is 15.5. The van der Waals surface area contributed by atoms with E-state index < -0.39 is 0 Å². The Kier molecular flexibility index (Phi) is 11.0. The zero-order valence-electron chi connectivity index (χ0n) is 15.5. The van der Waals surface area contributed by atoms with Crippen molar-refractivity contribution in [1.29, 1.82) is 0 Å². The summed E-state index contributed by atoms with van der Waals surface area (Å²) < 4.78 is 0. The lowest BCUT2D eigenvalue weighted by molar-refractivity contribution is -0.126. The number of aryl methyl sites for hydroxylation is 1. The Balaban J connectivity index is 2.06. The Labute approximate surface area is 151 Å². The van der Waals surface area contributed by atoms with Gasteiger partial charge in [0.25, 0.3) is 5.91 Å². The normalized spacial score (nSPS) is 10.8. The lowest BCUT2D eigenvalue weighted by Gasteiger charge is -2.04. The number of carbonyl (C=O) groups is 2. The van der Waals surface area contributed by atoms with Crippen LogP contribution in [-0.2, 0) is 9.59 Å². The van der Waals surface area contributed by atoms with Crippen molar-refractivity contribution in [2.75, 3.05) is 6.54 Å². The number of hydrogen-bond donors (Lipinski definition) is 2. The topological polar surface area (TPSA) is 70.6 Å². The third kappa shape index (κ3) is 11.1. The van der Waals surface area contributed by atoms with Crippen molar-refractivity contribution < 1.29 is 9.59 Å². The van der Waals surface area contributed by atoms with E-state index in [0.717, 1.165) is 18.4 Å². The summed E-state index contributed by atoms with van der Waals surface area (Å²) >= 11 is 0.